The van der Waals surface area contributed by atoms with Gasteiger partial charge in [-0.1, -0.05) is 18.2 Å². The molecular weight excluding hydrogens is 270 g/mol. The maximum Gasteiger partial charge on any atom is 0.312 e. The van der Waals surface area contributed by atoms with Gasteiger partial charge in [-0.3, -0.25) is 9.59 Å². The number of phenols is 1. The number of hydrogen-bond acceptors (Lipinski definition) is 3. The number of anilines is 1. The second-order valence-corrected chi connectivity index (χ2v) is 4.91. The molecule has 2 aromatic carbocycles. The Kier molecular flexibility index (Phi) is 3.10. The number of phenolic OH excluding ortho intramolecular Hbond substituents is 1. The van der Waals surface area contributed by atoms with Gasteiger partial charge in [-0.15, -0.1) is 0 Å². The molecule has 0 saturated carbocycles. The number of fused-ring (bicyclic) bond motifs is 1. The molecule has 0 bridgehead atoms. The number of rotatable bonds is 2. The first-order valence-corrected chi connectivity index (χ1v) is 6.50. The van der Waals surface area contributed by atoms with Gasteiger partial charge in [-0.25, -0.2) is 0 Å². The van der Waals surface area contributed by atoms with E-state index < -0.39 is 11.9 Å². The molecule has 1 unspecified atom stereocenters. The van der Waals surface area contributed by atoms with Crippen LogP contribution in [0.5, 0.6) is 5.75 Å². The zero-order chi connectivity index (χ0) is 15.0. The van der Waals surface area contributed by atoms with Crippen LogP contribution >= 0.6 is 0 Å². The van der Waals surface area contributed by atoms with Crippen LogP contribution in [-0.4, -0.2) is 28.6 Å². The van der Waals surface area contributed by atoms with Crippen LogP contribution < -0.4 is 4.90 Å². The lowest BCUT2D eigenvalue weighted by Gasteiger charge is -2.17. The van der Waals surface area contributed by atoms with Gasteiger partial charge in [-0.05, 0) is 35.9 Å². The van der Waals surface area contributed by atoms with Gasteiger partial charge in [0.1, 0.15) is 11.7 Å². The molecule has 2 aromatic rings. The van der Waals surface area contributed by atoms with Crippen molar-refractivity contribution < 1.29 is 19.8 Å². The predicted octanol–water partition coefficient (Wildman–Crippen LogP) is 2.22. The van der Waals surface area contributed by atoms with E-state index in [1.165, 1.54) is 29.2 Å². The van der Waals surface area contributed by atoms with Crippen LogP contribution in [0, 0.1) is 0 Å². The number of amides is 1. The predicted molar refractivity (Wildman–Crippen MR) is 76.6 cm³/mol. The number of nitrogens with zero attached hydrogens (tertiary/aromatic N) is 1. The molecule has 1 amide bonds. The van der Waals surface area contributed by atoms with Crippen LogP contribution in [0.1, 0.15) is 21.8 Å². The van der Waals surface area contributed by atoms with Crippen molar-refractivity contribution in [1.29, 1.82) is 0 Å². The summed E-state index contributed by atoms with van der Waals surface area (Å²) in [5.41, 5.74) is 1.69. The topological polar surface area (TPSA) is 77.8 Å². The number of aromatic hydroxyl groups is 1. The highest BCUT2D eigenvalue weighted by Gasteiger charge is 2.36. The summed E-state index contributed by atoms with van der Waals surface area (Å²) < 4.78 is 0. The Morgan fingerprint density at radius 2 is 1.71 bits per heavy atom. The number of hydrogen-bond donors (Lipinski definition) is 2. The van der Waals surface area contributed by atoms with E-state index >= 15 is 0 Å². The van der Waals surface area contributed by atoms with Crippen molar-refractivity contribution >= 4 is 17.6 Å². The van der Waals surface area contributed by atoms with Crippen molar-refractivity contribution in [2.45, 2.75) is 5.92 Å². The maximum absolute atomic E-state index is 12.5. The van der Waals surface area contributed by atoms with E-state index in [0.717, 1.165) is 0 Å². The Hall–Kier alpha value is -2.82. The van der Waals surface area contributed by atoms with Crippen LogP contribution in [0.4, 0.5) is 5.69 Å². The van der Waals surface area contributed by atoms with E-state index in [2.05, 4.69) is 0 Å². The summed E-state index contributed by atoms with van der Waals surface area (Å²) in [5, 5.41) is 18.6. The summed E-state index contributed by atoms with van der Waals surface area (Å²) >= 11 is 0. The van der Waals surface area contributed by atoms with Crippen molar-refractivity contribution in [2.75, 3.05) is 11.4 Å². The van der Waals surface area contributed by atoms with Crippen molar-refractivity contribution in [1.82, 2.24) is 0 Å². The summed E-state index contributed by atoms with van der Waals surface area (Å²) in [4.78, 5) is 25.4. The molecular formula is C16H13NO4. The Labute approximate surface area is 121 Å². The lowest BCUT2D eigenvalue weighted by molar-refractivity contribution is -0.138. The Morgan fingerprint density at radius 1 is 1.05 bits per heavy atom. The normalized spacial score (nSPS) is 16.6. The highest BCUT2D eigenvalue weighted by atomic mass is 16.4. The van der Waals surface area contributed by atoms with E-state index in [-0.39, 0.29) is 18.2 Å². The summed E-state index contributed by atoms with van der Waals surface area (Å²) in [6.07, 6.45) is 0. The van der Waals surface area contributed by atoms with Crippen LogP contribution in [0.25, 0.3) is 0 Å². The standard InChI is InChI=1S/C16H13NO4/c18-11-7-5-10(6-8-11)15(19)17-9-13(16(20)21)12-3-1-2-4-14(12)17/h1-8,13,18H,9H2,(H,20,21). The second-order valence-electron chi connectivity index (χ2n) is 4.91. The molecule has 0 spiro atoms. The van der Waals surface area contributed by atoms with Crippen molar-refractivity contribution in [3.63, 3.8) is 0 Å². The Bertz CT molecular complexity index is 708. The third kappa shape index (κ3) is 2.23. The molecule has 106 valence electrons. The fraction of sp³-hybridized carbons (Fsp3) is 0.125. The molecule has 0 aliphatic carbocycles. The summed E-state index contributed by atoms with van der Waals surface area (Å²) in [6, 6.07) is 12.9. The largest absolute Gasteiger partial charge is 0.508 e. The third-order valence-electron chi connectivity index (χ3n) is 3.63. The zero-order valence-electron chi connectivity index (χ0n) is 11.1. The minimum absolute atomic E-state index is 0.0804. The third-order valence-corrected chi connectivity index (χ3v) is 3.63. The molecule has 21 heavy (non-hydrogen) atoms. The van der Waals surface area contributed by atoms with Crippen LogP contribution in [0.3, 0.4) is 0 Å². The van der Waals surface area contributed by atoms with Gasteiger partial charge < -0.3 is 15.1 Å². The minimum Gasteiger partial charge on any atom is -0.508 e. The highest BCUT2D eigenvalue weighted by molar-refractivity contribution is 6.08. The van der Waals surface area contributed by atoms with Gasteiger partial charge in [0.2, 0.25) is 0 Å². The average molecular weight is 283 g/mol. The van der Waals surface area contributed by atoms with Gasteiger partial charge in [-0.2, -0.15) is 0 Å². The summed E-state index contributed by atoms with van der Waals surface area (Å²) in [7, 11) is 0. The molecule has 5 heteroatoms. The lowest BCUT2D eigenvalue weighted by Crippen LogP contribution is -2.31. The quantitative estimate of drug-likeness (QED) is 0.886. The molecule has 1 aliphatic rings. The van der Waals surface area contributed by atoms with Gasteiger partial charge in [0.15, 0.2) is 0 Å². The first-order valence-electron chi connectivity index (χ1n) is 6.50. The molecule has 3 rings (SSSR count). The summed E-state index contributed by atoms with van der Waals surface area (Å²) in [6.45, 7) is 0.119. The molecule has 5 nitrogen and oxygen atoms in total. The van der Waals surface area contributed by atoms with Crippen molar-refractivity contribution in [3.8, 4) is 5.75 Å². The van der Waals surface area contributed by atoms with Gasteiger partial charge in [0, 0.05) is 17.8 Å². The van der Waals surface area contributed by atoms with E-state index in [9.17, 15) is 19.8 Å². The van der Waals surface area contributed by atoms with E-state index in [1.807, 2.05) is 0 Å². The van der Waals surface area contributed by atoms with E-state index in [0.29, 0.717) is 16.8 Å². The molecule has 1 aliphatic heterocycles. The first-order chi connectivity index (χ1) is 10.1. The maximum atomic E-state index is 12.5. The number of carbonyl (C=O) groups is 2. The second kappa shape index (κ2) is 4.94. The van der Waals surface area contributed by atoms with Crippen LogP contribution in [-0.2, 0) is 4.79 Å². The number of aliphatic carboxylic acids is 1. The summed E-state index contributed by atoms with van der Waals surface area (Å²) in [5.74, 6) is -1.84. The van der Waals surface area contributed by atoms with Crippen molar-refractivity contribution in [3.05, 3.63) is 59.7 Å². The molecule has 2 N–H and O–H groups in total. The zero-order valence-corrected chi connectivity index (χ0v) is 11.1. The first kappa shape index (κ1) is 13.2. The molecule has 0 saturated heterocycles. The van der Waals surface area contributed by atoms with Gasteiger partial charge in [0.25, 0.3) is 5.91 Å². The number of carboxylic acids is 1. The van der Waals surface area contributed by atoms with E-state index in [4.69, 9.17) is 0 Å². The van der Waals surface area contributed by atoms with Crippen molar-refractivity contribution in [2.24, 2.45) is 0 Å². The SMILES string of the molecule is O=C(O)C1CN(C(=O)c2ccc(O)cc2)c2ccccc21. The smallest absolute Gasteiger partial charge is 0.312 e. The number of carboxylic acid groups (broad SMARTS) is 1. The number of carbonyl (C=O) groups excluding carboxylic acids is 1. The average Bonchev–Trinajstić information content (AvgIpc) is 2.87. The van der Waals surface area contributed by atoms with Crippen LogP contribution in [0.2, 0.25) is 0 Å². The molecule has 1 heterocycles. The Morgan fingerprint density at radius 3 is 2.38 bits per heavy atom. The fourth-order valence-corrected chi connectivity index (χ4v) is 2.57. The monoisotopic (exact) mass is 283 g/mol. The van der Waals surface area contributed by atoms with Gasteiger partial charge in [0.05, 0.1) is 0 Å². The van der Waals surface area contributed by atoms with Crippen LogP contribution in [0.15, 0.2) is 48.5 Å². The highest BCUT2D eigenvalue weighted by Crippen LogP contribution is 2.37. The molecule has 0 aromatic heterocycles. The van der Waals surface area contributed by atoms with Gasteiger partial charge >= 0.3 is 5.97 Å². The molecule has 1 atom stereocenters. The molecule has 0 radical (unpaired) electrons. The molecule has 0 fully saturated rings. The number of para-hydroxylation sites is 1. The fourth-order valence-electron chi connectivity index (χ4n) is 2.57. The lowest BCUT2D eigenvalue weighted by atomic mass is 10.0. The Balaban J connectivity index is 1.98. The number of benzene rings is 2. The van der Waals surface area contributed by atoms with E-state index in [1.54, 1.807) is 24.3 Å². The minimum atomic E-state index is -0.941.